The lowest BCUT2D eigenvalue weighted by Crippen LogP contribution is -2.38. The smallest absolute Gasteiger partial charge is 0.0287 e. The second-order valence-electron chi connectivity index (χ2n) is 3.18. The van der Waals surface area contributed by atoms with Crippen LogP contribution in [0, 0.1) is 0 Å². The summed E-state index contributed by atoms with van der Waals surface area (Å²) in [6.45, 7) is 7.47. The van der Waals surface area contributed by atoms with Gasteiger partial charge in [-0.15, -0.1) is 13.2 Å². The molecule has 0 radical (unpaired) electrons. The van der Waals surface area contributed by atoms with Gasteiger partial charge in [-0.1, -0.05) is 24.3 Å². The van der Waals surface area contributed by atoms with Gasteiger partial charge in [-0.05, 0) is 19.3 Å². The molecular formula is C11H17N. The molecule has 0 fully saturated rings. The summed E-state index contributed by atoms with van der Waals surface area (Å²) in [5.41, 5.74) is 0. The second kappa shape index (κ2) is 4.94. The molecule has 1 heteroatoms. The maximum Gasteiger partial charge on any atom is 0.0287 e. The number of hydrogen-bond donors (Lipinski definition) is 1. The summed E-state index contributed by atoms with van der Waals surface area (Å²) in [6, 6.07) is 1.07. The Morgan fingerprint density at radius 2 is 2.08 bits per heavy atom. The van der Waals surface area contributed by atoms with Crippen LogP contribution in [-0.4, -0.2) is 12.1 Å². The topological polar surface area (TPSA) is 12.0 Å². The van der Waals surface area contributed by atoms with Gasteiger partial charge in [0, 0.05) is 12.1 Å². The van der Waals surface area contributed by atoms with Crippen molar-refractivity contribution in [3.63, 3.8) is 0 Å². The fourth-order valence-electron chi connectivity index (χ4n) is 1.53. The molecule has 2 atom stereocenters. The molecule has 0 aromatic rings. The van der Waals surface area contributed by atoms with Gasteiger partial charge >= 0.3 is 0 Å². The van der Waals surface area contributed by atoms with Gasteiger partial charge in [0.1, 0.15) is 0 Å². The number of hydrogen-bond acceptors (Lipinski definition) is 1. The second-order valence-corrected chi connectivity index (χ2v) is 3.18. The van der Waals surface area contributed by atoms with E-state index in [1.54, 1.807) is 0 Å². The van der Waals surface area contributed by atoms with E-state index in [1.807, 2.05) is 12.2 Å². The summed E-state index contributed by atoms with van der Waals surface area (Å²) < 4.78 is 0. The Kier molecular flexibility index (Phi) is 3.81. The first-order valence-electron chi connectivity index (χ1n) is 4.51. The maximum atomic E-state index is 3.74. The zero-order chi connectivity index (χ0) is 8.81. The first-order chi connectivity index (χ1) is 5.86. The van der Waals surface area contributed by atoms with Crippen molar-refractivity contribution in [1.82, 2.24) is 5.32 Å². The van der Waals surface area contributed by atoms with Gasteiger partial charge in [0.25, 0.3) is 0 Å². The van der Waals surface area contributed by atoms with Crippen LogP contribution in [0.3, 0.4) is 0 Å². The highest BCUT2D eigenvalue weighted by Crippen LogP contribution is 2.10. The first kappa shape index (κ1) is 9.27. The van der Waals surface area contributed by atoms with Crippen molar-refractivity contribution in [2.45, 2.75) is 31.3 Å². The molecule has 1 nitrogen and oxygen atoms in total. The predicted molar refractivity (Wildman–Crippen MR) is 54.1 cm³/mol. The molecule has 0 bridgehead atoms. The zero-order valence-corrected chi connectivity index (χ0v) is 7.50. The van der Waals surface area contributed by atoms with Crippen LogP contribution in [0.2, 0.25) is 0 Å². The Labute approximate surface area is 74.9 Å². The first-order valence-corrected chi connectivity index (χ1v) is 4.51. The van der Waals surface area contributed by atoms with Crippen LogP contribution in [0.4, 0.5) is 0 Å². The average Bonchev–Trinajstić information content (AvgIpc) is 2.06. The van der Waals surface area contributed by atoms with Crippen molar-refractivity contribution >= 4 is 0 Å². The van der Waals surface area contributed by atoms with Crippen molar-refractivity contribution < 1.29 is 0 Å². The fraction of sp³-hybridized carbons (Fsp3) is 0.455. The summed E-state index contributed by atoms with van der Waals surface area (Å²) in [4.78, 5) is 0. The summed E-state index contributed by atoms with van der Waals surface area (Å²) in [5.74, 6) is 0. The number of rotatable bonds is 4. The Balaban J connectivity index is 2.38. The van der Waals surface area contributed by atoms with Crippen molar-refractivity contribution in [3.8, 4) is 0 Å². The van der Waals surface area contributed by atoms with Gasteiger partial charge in [-0.3, -0.25) is 0 Å². The lowest BCUT2D eigenvalue weighted by Gasteiger charge is -2.25. The minimum absolute atomic E-state index is 0.487. The van der Waals surface area contributed by atoms with Gasteiger partial charge in [-0.25, -0.2) is 0 Å². The molecule has 1 rings (SSSR count). The van der Waals surface area contributed by atoms with Gasteiger partial charge < -0.3 is 5.32 Å². The zero-order valence-electron chi connectivity index (χ0n) is 7.50. The molecular weight excluding hydrogens is 146 g/mol. The molecule has 0 spiro atoms. The molecule has 1 aliphatic rings. The van der Waals surface area contributed by atoms with E-state index < -0.39 is 0 Å². The van der Waals surface area contributed by atoms with Crippen LogP contribution in [0.15, 0.2) is 37.5 Å². The molecule has 0 aromatic heterocycles. The molecule has 0 amide bonds. The Bertz CT molecular complexity index is 181. The van der Waals surface area contributed by atoms with Crippen LogP contribution >= 0.6 is 0 Å². The normalized spacial score (nSPS) is 28.3. The largest absolute Gasteiger partial charge is 0.307 e. The molecule has 0 saturated heterocycles. The lowest BCUT2D eigenvalue weighted by molar-refractivity contribution is 0.455. The van der Waals surface area contributed by atoms with Crippen LogP contribution in [0.5, 0.6) is 0 Å². The molecule has 1 aliphatic heterocycles. The Morgan fingerprint density at radius 1 is 1.33 bits per heavy atom. The minimum Gasteiger partial charge on any atom is -0.307 e. The van der Waals surface area contributed by atoms with Crippen molar-refractivity contribution in [2.24, 2.45) is 0 Å². The Morgan fingerprint density at radius 3 is 2.75 bits per heavy atom. The Hall–Kier alpha value is -0.820. The molecule has 66 valence electrons. The maximum absolute atomic E-state index is 3.74. The average molecular weight is 163 g/mol. The molecule has 0 aliphatic carbocycles. The molecule has 1 N–H and O–H groups in total. The highest BCUT2D eigenvalue weighted by Gasteiger charge is 2.13. The van der Waals surface area contributed by atoms with Gasteiger partial charge in [0.05, 0.1) is 0 Å². The lowest BCUT2D eigenvalue weighted by atomic mass is 10.0. The van der Waals surface area contributed by atoms with Gasteiger partial charge in [0.2, 0.25) is 0 Å². The molecule has 1 heterocycles. The van der Waals surface area contributed by atoms with Crippen molar-refractivity contribution in [3.05, 3.63) is 37.5 Å². The molecule has 0 saturated carbocycles. The molecule has 0 aromatic carbocycles. The van der Waals surface area contributed by atoms with Crippen LogP contribution in [0.25, 0.3) is 0 Å². The van der Waals surface area contributed by atoms with Gasteiger partial charge in [0.15, 0.2) is 0 Å². The predicted octanol–water partition coefficient (Wildman–Crippen LogP) is 2.43. The van der Waals surface area contributed by atoms with Crippen LogP contribution in [-0.2, 0) is 0 Å². The van der Waals surface area contributed by atoms with Gasteiger partial charge in [-0.2, -0.15) is 0 Å². The van der Waals surface area contributed by atoms with Crippen LogP contribution in [0.1, 0.15) is 19.3 Å². The SMILES string of the molecule is C=CC[C@H]1CC=C[C@@H](CC=C)N1. The van der Waals surface area contributed by atoms with E-state index in [9.17, 15) is 0 Å². The van der Waals surface area contributed by atoms with E-state index in [1.165, 1.54) is 0 Å². The van der Waals surface area contributed by atoms with Crippen molar-refractivity contribution in [1.29, 1.82) is 0 Å². The van der Waals surface area contributed by atoms with Crippen molar-refractivity contribution in [2.75, 3.05) is 0 Å². The summed E-state index contributed by atoms with van der Waals surface area (Å²) in [7, 11) is 0. The van der Waals surface area contributed by atoms with E-state index in [0.29, 0.717) is 12.1 Å². The van der Waals surface area contributed by atoms with E-state index in [-0.39, 0.29) is 0 Å². The standard InChI is InChI=1S/C11H17N/c1-3-6-10-8-5-9-11(12-10)7-4-2/h3-5,8,10-12H,1-2,6-7,9H2/t10-,11+/m1/s1. The summed E-state index contributed by atoms with van der Waals surface area (Å²) >= 11 is 0. The monoisotopic (exact) mass is 163 g/mol. The molecule has 12 heavy (non-hydrogen) atoms. The van der Waals surface area contributed by atoms with E-state index in [0.717, 1.165) is 19.3 Å². The molecule has 0 unspecified atom stereocenters. The summed E-state index contributed by atoms with van der Waals surface area (Å²) in [6.07, 6.45) is 11.6. The van der Waals surface area contributed by atoms with E-state index in [2.05, 4.69) is 30.6 Å². The fourth-order valence-corrected chi connectivity index (χ4v) is 1.53. The van der Waals surface area contributed by atoms with Crippen LogP contribution < -0.4 is 5.32 Å². The highest BCUT2D eigenvalue weighted by atomic mass is 14.9. The summed E-state index contributed by atoms with van der Waals surface area (Å²) in [5, 5.41) is 3.53. The number of nitrogens with one attached hydrogen (secondary N) is 1. The third kappa shape index (κ3) is 2.67. The third-order valence-electron chi connectivity index (χ3n) is 2.11. The van der Waals surface area contributed by atoms with E-state index in [4.69, 9.17) is 0 Å². The minimum atomic E-state index is 0.487. The quantitative estimate of drug-likeness (QED) is 0.628. The van der Waals surface area contributed by atoms with E-state index >= 15 is 0 Å². The third-order valence-corrected chi connectivity index (χ3v) is 2.11. The highest BCUT2D eigenvalue weighted by molar-refractivity contribution is 5.04.